The molecule has 3 rings (SSSR count). The highest BCUT2D eigenvalue weighted by Gasteiger charge is 2.32. The molecule has 0 saturated carbocycles. The van der Waals surface area contributed by atoms with Crippen LogP contribution in [0.3, 0.4) is 0 Å². The summed E-state index contributed by atoms with van der Waals surface area (Å²) in [6.07, 6.45) is 2.03. The van der Waals surface area contributed by atoms with Gasteiger partial charge in [0, 0.05) is 18.7 Å². The molecule has 2 amide bonds. The molecular weight excluding hydrogens is 388 g/mol. The highest BCUT2D eigenvalue weighted by atomic mass is 32.2. The van der Waals surface area contributed by atoms with E-state index < -0.39 is 0 Å². The van der Waals surface area contributed by atoms with E-state index in [9.17, 15) is 9.59 Å². The number of anilines is 1. The molecule has 1 N–H and O–H groups in total. The van der Waals surface area contributed by atoms with Gasteiger partial charge in [-0.05, 0) is 49.6 Å². The lowest BCUT2D eigenvalue weighted by atomic mass is 10.1. The van der Waals surface area contributed by atoms with Gasteiger partial charge in [0.15, 0.2) is 0 Å². The summed E-state index contributed by atoms with van der Waals surface area (Å²) in [4.78, 5) is 27.1. The zero-order valence-electron chi connectivity index (χ0n) is 16.1. The molecule has 1 aliphatic heterocycles. The Morgan fingerprint density at radius 3 is 2.57 bits per heavy atom. The van der Waals surface area contributed by atoms with Gasteiger partial charge >= 0.3 is 0 Å². The van der Waals surface area contributed by atoms with Gasteiger partial charge in [0.05, 0.1) is 4.91 Å². The number of nitrogens with one attached hydrogen (secondary N) is 1. The molecule has 0 spiro atoms. The number of hydrogen-bond acceptors (Lipinski definition) is 4. The Labute approximate surface area is 175 Å². The Bertz CT molecular complexity index is 965. The van der Waals surface area contributed by atoms with Crippen LogP contribution in [0.25, 0.3) is 6.08 Å². The Kier molecular flexibility index (Phi) is 6.31. The number of rotatable bonds is 5. The number of hydrogen-bond donors (Lipinski definition) is 1. The van der Waals surface area contributed by atoms with Crippen molar-refractivity contribution >= 4 is 51.9 Å². The zero-order valence-corrected chi connectivity index (χ0v) is 17.7. The molecule has 0 aliphatic carbocycles. The van der Waals surface area contributed by atoms with E-state index in [1.807, 2.05) is 69.3 Å². The fraction of sp³-hybridized carbons (Fsp3) is 0.227. The minimum absolute atomic E-state index is 0.134. The van der Waals surface area contributed by atoms with Crippen LogP contribution in [0, 0.1) is 20.8 Å². The molecule has 0 bridgehead atoms. The molecule has 2 aromatic rings. The molecule has 1 aliphatic rings. The third-order valence-corrected chi connectivity index (χ3v) is 6.07. The molecule has 0 unspecified atom stereocenters. The maximum atomic E-state index is 12.7. The van der Waals surface area contributed by atoms with Gasteiger partial charge in [-0.15, -0.1) is 0 Å². The van der Waals surface area contributed by atoms with Crippen molar-refractivity contribution in [1.82, 2.24) is 4.90 Å². The molecule has 2 aromatic carbocycles. The molecule has 0 atom stereocenters. The van der Waals surface area contributed by atoms with Crippen LogP contribution in [0.15, 0.2) is 47.4 Å². The molecular formula is C22H22N2O2S2. The lowest BCUT2D eigenvalue weighted by Gasteiger charge is -2.15. The van der Waals surface area contributed by atoms with Gasteiger partial charge in [-0.1, -0.05) is 65.9 Å². The van der Waals surface area contributed by atoms with Gasteiger partial charge in [0.25, 0.3) is 5.91 Å². The number of carbonyl (C=O) groups excluding carboxylic acids is 2. The summed E-state index contributed by atoms with van der Waals surface area (Å²) in [5.74, 6) is -0.277. The van der Waals surface area contributed by atoms with Gasteiger partial charge in [0.2, 0.25) is 5.91 Å². The monoisotopic (exact) mass is 410 g/mol. The van der Waals surface area contributed by atoms with E-state index in [1.54, 1.807) is 0 Å². The Morgan fingerprint density at radius 2 is 1.86 bits per heavy atom. The minimum atomic E-state index is -0.143. The normalized spacial score (nSPS) is 15.4. The predicted octanol–water partition coefficient (Wildman–Crippen LogP) is 4.84. The largest absolute Gasteiger partial charge is 0.326 e. The number of thioether (sulfide) groups is 1. The van der Waals surface area contributed by atoms with Gasteiger partial charge in [0.1, 0.15) is 4.32 Å². The average molecular weight is 411 g/mol. The van der Waals surface area contributed by atoms with Gasteiger partial charge in [-0.2, -0.15) is 0 Å². The van der Waals surface area contributed by atoms with E-state index in [4.69, 9.17) is 12.2 Å². The topological polar surface area (TPSA) is 49.4 Å². The first-order valence-corrected chi connectivity index (χ1v) is 10.3. The van der Waals surface area contributed by atoms with Crippen LogP contribution in [0.4, 0.5) is 5.69 Å². The van der Waals surface area contributed by atoms with Crippen LogP contribution in [0.2, 0.25) is 0 Å². The Hall–Kier alpha value is -2.44. The Balaban J connectivity index is 1.62. The van der Waals surface area contributed by atoms with Crippen molar-refractivity contribution in [2.24, 2.45) is 0 Å². The summed E-state index contributed by atoms with van der Waals surface area (Å²) in [5, 5.41) is 2.92. The maximum Gasteiger partial charge on any atom is 0.266 e. The van der Waals surface area contributed by atoms with E-state index in [-0.39, 0.29) is 24.8 Å². The zero-order chi connectivity index (χ0) is 20.3. The first kappa shape index (κ1) is 20.3. The smallest absolute Gasteiger partial charge is 0.266 e. The van der Waals surface area contributed by atoms with Crippen LogP contribution < -0.4 is 5.32 Å². The van der Waals surface area contributed by atoms with Crippen LogP contribution in [0.1, 0.15) is 28.7 Å². The first-order chi connectivity index (χ1) is 13.3. The van der Waals surface area contributed by atoms with E-state index in [0.717, 1.165) is 22.4 Å². The lowest BCUT2D eigenvalue weighted by Crippen LogP contribution is -2.31. The van der Waals surface area contributed by atoms with Crippen LogP contribution in [-0.2, 0) is 9.59 Å². The summed E-state index contributed by atoms with van der Waals surface area (Å²) in [6.45, 7) is 6.27. The molecule has 6 heteroatoms. The number of thiocarbonyl (C=S) groups is 1. The van der Waals surface area contributed by atoms with E-state index >= 15 is 0 Å². The number of nitrogens with zero attached hydrogens (tertiary/aromatic N) is 1. The molecule has 0 radical (unpaired) electrons. The fourth-order valence-electron chi connectivity index (χ4n) is 2.82. The summed E-state index contributed by atoms with van der Waals surface area (Å²) >= 11 is 6.62. The van der Waals surface area contributed by atoms with Gasteiger partial charge in [-0.25, -0.2) is 0 Å². The number of carbonyl (C=O) groups is 2. The van der Waals surface area contributed by atoms with Crippen molar-refractivity contribution in [3.63, 3.8) is 0 Å². The number of benzene rings is 2. The molecule has 1 heterocycles. The molecule has 0 aromatic heterocycles. The SMILES string of the molecule is Cc1ccc(C=C2SC(=S)N(CCC(=O)Nc3cccc(C)c3C)C2=O)cc1. The van der Waals surface area contributed by atoms with Crippen LogP contribution in [-0.4, -0.2) is 27.6 Å². The molecule has 144 valence electrons. The number of aryl methyl sites for hydroxylation is 2. The highest BCUT2D eigenvalue weighted by Crippen LogP contribution is 2.32. The second-order valence-electron chi connectivity index (χ2n) is 6.79. The second kappa shape index (κ2) is 8.71. The summed E-state index contributed by atoms with van der Waals surface area (Å²) in [7, 11) is 0. The summed E-state index contributed by atoms with van der Waals surface area (Å²) < 4.78 is 0.489. The van der Waals surface area contributed by atoms with Crippen LogP contribution in [0.5, 0.6) is 0 Å². The van der Waals surface area contributed by atoms with E-state index in [2.05, 4.69) is 5.32 Å². The predicted molar refractivity (Wildman–Crippen MR) is 120 cm³/mol. The van der Waals surface area contributed by atoms with Crippen molar-refractivity contribution in [3.8, 4) is 0 Å². The molecule has 1 saturated heterocycles. The summed E-state index contributed by atoms with van der Waals surface area (Å²) in [5.41, 5.74) is 5.09. The van der Waals surface area contributed by atoms with Crippen molar-refractivity contribution < 1.29 is 9.59 Å². The molecule has 4 nitrogen and oxygen atoms in total. The molecule has 28 heavy (non-hydrogen) atoms. The lowest BCUT2D eigenvalue weighted by molar-refractivity contribution is -0.122. The summed E-state index contributed by atoms with van der Waals surface area (Å²) in [6, 6.07) is 13.7. The quantitative estimate of drug-likeness (QED) is 0.566. The van der Waals surface area contributed by atoms with Crippen molar-refractivity contribution in [1.29, 1.82) is 0 Å². The van der Waals surface area contributed by atoms with E-state index in [1.165, 1.54) is 22.2 Å². The minimum Gasteiger partial charge on any atom is -0.326 e. The number of amides is 2. The second-order valence-corrected chi connectivity index (χ2v) is 8.47. The van der Waals surface area contributed by atoms with Crippen molar-refractivity contribution in [2.75, 3.05) is 11.9 Å². The highest BCUT2D eigenvalue weighted by molar-refractivity contribution is 8.26. The molecule has 1 fully saturated rings. The first-order valence-electron chi connectivity index (χ1n) is 9.03. The van der Waals surface area contributed by atoms with Crippen molar-refractivity contribution in [3.05, 3.63) is 69.6 Å². The third kappa shape index (κ3) is 4.69. The standard InChI is InChI=1S/C22H22N2O2S2/c1-14-7-9-17(10-8-14)13-19-21(26)24(22(27)28-19)12-11-20(25)23-18-6-4-5-15(2)16(18)3/h4-10,13H,11-12H2,1-3H3,(H,23,25). The average Bonchev–Trinajstić information content (AvgIpc) is 2.92. The third-order valence-electron chi connectivity index (χ3n) is 4.69. The fourth-order valence-corrected chi connectivity index (χ4v) is 4.13. The van der Waals surface area contributed by atoms with Gasteiger partial charge in [-0.3, -0.25) is 14.5 Å². The Morgan fingerprint density at radius 1 is 1.14 bits per heavy atom. The van der Waals surface area contributed by atoms with Crippen molar-refractivity contribution in [2.45, 2.75) is 27.2 Å². The maximum absolute atomic E-state index is 12.7. The van der Waals surface area contributed by atoms with Crippen LogP contribution >= 0.6 is 24.0 Å². The van der Waals surface area contributed by atoms with Gasteiger partial charge < -0.3 is 5.32 Å². The van der Waals surface area contributed by atoms with E-state index in [0.29, 0.717) is 9.23 Å².